The van der Waals surface area contributed by atoms with Crippen molar-refractivity contribution in [2.45, 2.75) is 24.2 Å². The van der Waals surface area contributed by atoms with E-state index in [1.54, 1.807) is 38.6 Å². The Labute approximate surface area is 184 Å². The van der Waals surface area contributed by atoms with E-state index in [9.17, 15) is 4.79 Å². The number of amides is 1. The number of nitrogens with zero attached hydrogens (tertiary/aromatic N) is 6. The number of aromatic nitrogens is 4. The SMILES string of the molecule is O=C(CSc1nnnn1Cc1ccco1)N1N=C(c2cccs2)C[C@H]1c1cccs1. The second-order valence-electron chi connectivity index (χ2n) is 6.48. The van der Waals surface area contributed by atoms with Crippen LogP contribution in [0.3, 0.4) is 0 Å². The van der Waals surface area contributed by atoms with Crippen LogP contribution in [0.2, 0.25) is 0 Å². The molecule has 1 aliphatic heterocycles. The van der Waals surface area contributed by atoms with Gasteiger partial charge in [0.25, 0.3) is 5.91 Å². The highest BCUT2D eigenvalue weighted by Gasteiger charge is 2.34. The van der Waals surface area contributed by atoms with Crippen molar-refractivity contribution in [2.75, 3.05) is 5.75 Å². The van der Waals surface area contributed by atoms with E-state index in [1.807, 2.05) is 41.1 Å². The topological polar surface area (TPSA) is 89.4 Å². The summed E-state index contributed by atoms with van der Waals surface area (Å²) in [5, 5.41) is 22.7. The molecule has 1 aliphatic rings. The average molecular weight is 457 g/mol. The van der Waals surface area contributed by atoms with Gasteiger partial charge in [-0.15, -0.1) is 27.8 Å². The van der Waals surface area contributed by atoms with E-state index in [0.29, 0.717) is 18.1 Å². The molecule has 0 spiro atoms. The summed E-state index contributed by atoms with van der Waals surface area (Å²) in [6, 6.07) is 11.7. The largest absolute Gasteiger partial charge is 0.467 e. The minimum atomic E-state index is -0.0747. The average Bonchev–Trinajstić information content (AvgIpc) is 3.57. The fourth-order valence-electron chi connectivity index (χ4n) is 3.18. The van der Waals surface area contributed by atoms with Crippen molar-refractivity contribution in [2.24, 2.45) is 5.10 Å². The third-order valence-electron chi connectivity index (χ3n) is 4.55. The zero-order chi connectivity index (χ0) is 20.3. The van der Waals surface area contributed by atoms with Gasteiger partial charge in [-0.1, -0.05) is 23.9 Å². The Balaban J connectivity index is 1.31. The molecule has 1 amide bonds. The molecule has 0 saturated carbocycles. The van der Waals surface area contributed by atoms with Crippen LogP contribution in [-0.4, -0.2) is 42.6 Å². The van der Waals surface area contributed by atoms with Crippen LogP contribution in [-0.2, 0) is 11.3 Å². The smallest absolute Gasteiger partial charge is 0.253 e. The van der Waals surface area contributed by atoms with Gasteiger partial charge in [-0.05, 0) is 45.5 Å². The molecule has 0 radical (unpaired) electrons. The molecule has 11 heteroatoms. The van der Waals surface area contributed by atoms with Gasteiger partial charge in [-0.3, -0.25) is 4.79 Å². The first-order chi connectivity index (χ1) is 14.8. The summed E-state index contributed by atoms with van der Waals surface area (Å²) < 4.78 is 6.98. The summed E-state index contributed by atoms with van der Waals surface area (Å²) in [4.78, 5) is 15.3. The van der Waals surface area contributed by atoms with Crippen LogP contribution in [0.1, 0.15) is 28.0 Å². The minimum absolute atomic E-state index is 0.0718. The van der Waals surface area contributed by atoms with Gasteiger partial charge >= 0.3 is 0 Å². The van der Waals surface area contributed by atoms with E-state index in [4.69, 9.17) is 4.42 Å². The lowest BCUT2D eigenvalue weighted by atomic mass is 10.1. The molecule has 4 aromatic rings. The normalized spacial score (nSPS) is 16.2. The number of rotatable bonds is 7. The van der Waals surface area contributed by atoms with Gasteiger partial charge in [0.2, 0.25) is 5.16 Å². The molecule has 0 bridgehead atoms. The van der Waals surface area contributed by atoms with Gasteiger partial charge in [0.1, 0.15) is 12.3 Å². The molecule has 0 aliphatic carbocycles. The van der Waals surface area contributed by atoms with E-state index >= 15 is 0 Å². The number of hydrazone groups is 1. The highest BCUT2D eigenvalue weighted by Crippen LogP contribution is 2.36. The van der Waals surface area contributed by atoms with Gasteiger partial charge in [0.15, 0.2) is 0 Å². The Morgan fingerprint density at radius 3 is 2.87 bits per heavy atom. The zero-order valence-corrected chi connectivity index (χ0v) is 18.1. The molecular weight excluding hydrogens is 440 g/mol. The number of hydrogen-bond acceptors (Lipinski definition) is 9. The first-order valence-corrected chi connectivity index (χ1v) is 11.9. The fraction of sp³-hybridized carbons (Fsp3) is 0.211. The van der Waals surface area contributed by atoms with E-state index in [0.717, 1.165) is 21.2 Å². The maximum Gasteiger partial charge on any atom is 0.253 e. The summed E-state index contributed by atoms with van der Waals surface area (Å²) >= 11 is 4.58. The monoisotopic (exact) mass is 456 g/mol. The molecule has 0 fully saturated rings. The highest BCUT2D eigenvalue weighted by molar-refractivity contribution is 7.99. The van der Waals surface area contributed by atoms with Crippen molar-refractivity contribution in [1.82, 2.24) is 25.2 Å². The minimum Gasteiger partial charge on any atom is -0.467 e. The van der Waals surface area contributed by atoms with Crippen molar-refractivity contribution in [3.05, 3.63) is 68.9 Å². The van der Waals surface area contributed by atoms with Crippen molar-refractivity contribution in [3.63, 3.8) is 0 Å². The standard InChI is InChI=1S/C19H16N6O2S3/c26-18(12-30-19-20-22-23-24(19)11-13-4-1-7-27-13)25-15(17-6-3-9-29-17)10-14(21-25)16-5-2-8-28-16/h1-9,15H,10-12H2/t15-/m0/s1. The number of tetrazole rings is 1. The maximum atomic E-state index is 13.1. The van der Waals surface area contributed by atoms with Crippen molar-refractivity contribution in [3.8, 4) is 0 Å². The Kier molecular flexibility index (Phi) is 5.47. The van der Waals surface area contributed by atoms with Crippen LogP contribution < -0.4 is 0 Å². The van der Waals surface area contributed by atoms with Gasteiger partial charge in [0, 0.05) is 11.3 Å². The van der Waals surface area contributed by atoms with Crippen LogP contribution in [0.4, 0.5) is 0 Å². The number of carbonyl (C=O) groups excluding carboxylic acids is 1. The summed E-state index contributed by atoms with van der Waals surface area (Å²) in [6.07, 6.45) is 2.32. The fourth-order valence-corrected chi connectivity index (χ4v) is 5.44. The van der Waals surface area contributed by atoms with Crippen LogP contribution >= 0.6 is 34.4 Å². The van der Waals surface area contributed by atoms with Crippen molar-refractivity contribution in [1.29, 1.82) is 0 Å². The summed E-state index contributed by atoms with van der Waals surface area (Å²) in [6.45, 7) is 0.415. The molecule has 0 saturated heterocycles. The van der Waals surface area contributed by atoms with Gasteiger partial charge in [0.05, 0.1) is 28.6 Å². The zero-order valence-electron chi connectivity index (χ0n) is 15.6. The lowest BCUT2D eigenvalue weighted by Crippen LogP contribution is -2.28. The van der Waals surface area contributed by atoms with Crippen LogP contribution in [0, 0.1) is 0 Å². The van der Waals surface area contributed by atoms with Crippen molar-refractivity contribution >= 4 is 46.1 Å². The Morgan fingerprint density at radius 2 is 2.10 bits per heavy atom. The summed E-state index contributed by atoms with van der Waals surface area (Å²) in [7, 11) is 0. The lowest BCUT2D eigenvalue weighted by molar-refractivity contribution is -0.130. The van der Waals surface area contributed by atoms with E-state index in [1.165, 1.54) is 11.8 Å². The van der Waals surface area contributed by atoms with Crippen LogP contribution in [0.5, 0.6) is 0 Å². The first kappa shape index (κ1) is 19.2. The van der Waals surface area contributed by atoms with Gasteiger partial charge in [-0.25, -0.2) is 9.69 Å². The molecular formula is C19H16N6O2S3. The maximum absolute atomic E-state index is 13.1. The van der Waals surface area contributed by atoms with E-state index < -0.39 is 0 Å². The van der Waals surface area contributed by atoms with Gasteiger partial charge < -0.3 is 4.42 Å². The predicted molar refractivity (Wildman–Crippen MR) is 116 cm³/mol. The Bertz CT molecular complexity index is 1140. The highest BCUT2D eigenvalue weighted by atomic mass is 32.2. The van der Waals surface area contributed by atoms with Crippen LogP contribution in [0.25, 0.3) is 0 Å². The number of furan rings is 1. The molecule has 4 aromatic heterocycles. The molecule has 0 N–H and O–H groups in total. The first-order valence-electron chi connectivity index (χ1n) is 9.16. The van der Waals surface area contributed by atoms with Crippen molar-refractivity contribution < 1.29 is 9.21 Å². The second kappa shape index (κ2) is 8.54. The van der Waals surface area contributed by atoms with E-state index in [2.05, 4.69) is 26.7 Å². The quantitative estimate of drug-likeness (QED) is 0.392. The van der Waals surface area contributed by atoms with Crippen LogP contribution in [0.15, 0.2) is 68.1 Å². The molecule has 0 aromatic carbocycles. The molecule has 5 rings (SSSR count). The number of hydrogen-bond donors (Lipinski definition) is 0. The number of thioether (sulfide) groups is 1. The third kappa shape index (κ3) is 3.95. The third-order valence-corrected chi connectivity index (χ3v) is 7.39. The number of thiophene rings is 2. The summed E-state index contributed by atoms with van der Waals surface area (Å²) in [5.74, 6) is 0.872. The molecule has 152 valence electrons. The summed E-state index contributed by atoms with van der Waals surface area (Å²) in [5.41, 5.74) is 0.949. The van der Waals surface area contributed by atoms with E-state index in [-0.39, 0.29) is 17.7 Å². The Hall–Kier alpha value is -2.76. The predicted octanol–water partition coefficient (Wildman–Crippen LogP) is 3.91. The molecule has 0 unspecified atom stereocenters. The number of carbonyl (C=O) groups is 1. The second-order valence-corrected chi connectivity index (χ2v) is 9.35. The molecule has 30 heavy (non-hydrogen) atoms. The molecule has 1 atom stereocenters. The molecule has 8 nitrogen and oxygen atoms in total. The Morgan fingerprint density at radius 1 is 1.20 bits per heavy atom. The molecule has 5 heterocycles. The lowest BCUT2D eigenvalue weighted by Gasteiger charge is -2.20. The van der Waals surface area contributed by atoms with Gasteiger partial charge in [-0.2, -0.15) is 5.10 Å².